The van der Waals surface area contributed by atoms with Gasteiger partial charge in [0.05, 0.1) is 16.3 Å². The van der Waals surface area contributed by atoms with Crippen molar-refractivity contribution < 1.29 is 9.21 Å². The van der Waals surface area contributed by atoms with Gasteiger partial charge in [0.25, 0.3) is 0 Å². The van der Waals surface area contributed by atoms with Crippen molar-refractivity contribution in [3.05, 3.63) is 51.9 Å². The van der Waals surface area contributed by atoms with Gasteiger partial charge in [0.1, 0.15) is 11.5 Å². The van der Waals surface area contributed by atoms with Crippen LogP contribution in [0.3, 0.4) is 0 Å². The van der Waals surface area contributed by atoms with Crippen molar-refractivity contribution in [2.45, 2.75) is 13.8 Å². The van der Waals surface area contributed by atoms with Crippen LogP contribution in [0.25, 0.3) is 0 Å². The van der Waals surface area contributed by atoms with E-state index in [0.29, 0.717) is 28.3 Å². The molecule has 88 valence electrons. The van der Waals surface area contributed by atoms with Gasteiger partial charge < -0.3 is 10.2 Å². The third-order valence-corrected chi connectivity index (χ3v) is 2.98. The number of halogens is 1. The Morgan fingerprint density at radius 1 is 1.29 bits per heavy atom. The predicted molar refractivity (Wildman–Crippen MR) is 67.5 cm³/mol. The number of hydrogen-bond donors (Lipinski definition) is 1. The molecular weight excluding hydrogens is 238 g/mol. The average Bonchev–Trinajstić information content (AvgIpc) is 2.61. The van der Waals surface area contributed by atoms with Gasteiger partial charge in [-0.2, -0.15) is 0 Å². The molecule has 0 unspecified atom stereocenters. The lowest BCUT2D eigenvalue weighted by Crippen LogP contribution is -2.03. The summed E-state index contributed by atoms with van der Waals surface area (Å²) < 4.78 is 5.33. The normalized spacial score (nSPS) is 10.5. The van der Waals surface area contributed by atoms with Crippen LogP contribution in [0.1, 0.15) is 27.4 Å². The van der Waals surface area contributed by atoms with E-state index < -0.39 is 0 Å². The summed E-state index contributed by atoms with van der Waals surface area (Å²) in [5, 5.41) is 0.288. The van der Waals surface area contributed by atoms with Crippen LogP contribution in [0.4, 0.5) is 5.69 Å². The Bertz CT molecular complexity index is 587. The van der Waals surface area contributed by atoms with Crippen LogP contribution in [0.2, 0.25) is 5.02 Å². The topological polar surface area (TPSA) is 56.2 Å². The highest BCUT2D eigenvalue weighted by molar-refractivity contribution is 6.37. The van der Waals surface area contributed by atoms with E-state index in [9.17, 15) is 4.79 Å². The first-order chi connectivity index (χ1) is 8.00. The van der Waals surface area contributed by atoms with E-state index >= 15 is 0 Å². The molecule has 0 saturated heterocycles. The number of benzene rings is 1. The Morgan fingerprint density at radius 3 is 2.59 bits per heavy atom. The summed E-state index contributed by atoms with van der Waals surface area (Å²) in [5.41, 5.74) is 6.99. The Labute approximate surface area is 104 Å². The summed E-state index contributed by atoms with van der Waals surface area (Å²) >= 11 is 6.02. The first-order valence-electron chi connectivity index (χ1n) is 5.16. The average molecular weight is 250 g/mol. The van der Waals surface area contributed by atoms with E-state index in [4.69, 9.17) is 21.8 Å². The molecule has 0 spiro atoms. The Balaban J connectivity index is 2.51. The SMILES string of the molecule is Cc1cc(C(=O)c2cccc(N)c2Cl)c(C)o1. The molecule has 1 aromatic heterocycles. The van der Waals surface area contributed by atoms with E-state index in [1.54, 1.807) is 38.1 Å². The molecule has 0 fully saturated rings. The number of carbonyl (C=O) groups is 1. The molecule has 17 heavy (non-hydrogen) atoms. The number of nitrogen functional groups attached to an aromatic ring is 1. The summed E-state index contributed by atoms with van der Waals surface area (Å²) in [6, 6.07) is 6.73. The Morgan fingerprint density at radius 2 is 2.00 bits per heavy atom. The molecule has 0 aliphatic carbocycles. The highest BCUT2D eigenvalue weighted by Crippen LogP contribution is 2.27. The van der Waals surface area contributed by atoms with Gasteiger partial charge in [0.15, 0.2) is 5.78 Å². The number of furan rings is 1. The number of aryl methyl sites for hydroxylation is 2. The largest absolute Gasteiger partial charge is 0.466 e. The molecule has 0 amide bonds. The van der Waals surface area contributed by atoms with Crippen molar-refractivity contribution in [2.24, 2.45) is 0 Å². The molecule has 0 radical (unpaired) electrons. The second kappa shape index (κ2) is 4.26. The number of nitrogens with two attached hydrogens (primary N) is 1. The lowest BCUT2D eigenvalue weighted by Gasteiger charge is -2.04. The molecule has 2 N–H and O–H groups in total. The van der Waals surface area contributed by atoms with Gasteiger partial charge in [0.2, 0.25) is 0 Å². The first-order valence-corrected chi connectivity index (χ1v) is 5.54. The van der Waals surface area contributed by atoms with Crippen molar-refractivity contribution in [1.29, 1.82) is 0 Å². The summed E-state index contributed by atoms with van der Waals surface area (Å²) in [4.78, 5) is 12.3. The molecule has 3 nitrogen and oxygen atoms in total. The van der Waals surface area contributed by atoms with Crippen LogP contribution in [0.5, 0.6) is 0 Å². The van der Waals surface area contributed by atoms with E-state index in [2.05, 4.69) is 0 Å². The van der Waals surface area contributed by atoms with Crippen LogP contribution in [-0.2, 0) is 0 Å². The van der Waals surface area contributed by atoms with Crippen LogP contribution >= 0.6 is 11.6 Å². The standard InChI is InChI=1S/C13H12ClNO2/c1-7-6-10(8(2)17-7)13(16)9-4-3-5-11(15)12(9)14/h3-6H,15H2,1-2H3. The molecule has 0 bridgehead atoms. The molecule has 1 heterocycles. The van der Waals surface area contributed by atoms with Gasteiger partial charge in [0, 0.05) is 5.56 Å². The summed E-state index contributed by atoms with van der Waals surface area (Å²) in [5.74, 6) is 1.12. The van der Waals surface area contributed by atoms with Crippen molar-refractivity contribution in [2.75, 3.05) is 5.73 Å². The summed E-state index contributed by atoms with van der Waals surface area (Å²) in [6.07, 6.45) is 0. The highest BCUT2D eigenvalue weighted by atomic mass is 35.5. The Hall–Kier alpha value is -1.74. The second-order valence-electron chi connectivity index (χ2n) is 3.86. The minimum absolute atomic E-state index is 0.170. The van der Waals surface area contributed by atoms with Crippen LogP contribution < -0.4 is 5.73 Å². The molecule has 0 aliphatic heterocycles. The Kier molecular flexibility index (Phi) is 2.94. The number of anilines is 1. The number of rotatable bonds is 2. The molecule has 0 aliphatic rings. The van der Waals surface area contributed by atoms with Gasteiger partial charge >= 0.3 is 0 Å². The van der Waals surface area contributed by atoms with Gasteiger partial charge in [-0.15, -0.1) is 0 Å². The molecule has 2 rings (SSSR count). The summed E-state index contributed by atoms with van der Waals surface area (Å²) in [6.45, 7) is 3.55. The smallest absolute Gasteiger partial charge is 0.198 e. The van der Waals surface area contributed by atoms with Crippen LogP contribution in [0, 0.1) is 13.8 Å². The zero-order valence-electron chi connectivity index (χ0n) is 9.58. The second-order valence-corrected chi connectivity index (χ2v) is 4.24. The van der Waals surface area contributed by atoms with Crippen LogP contribution in [0.15, 0.2) is 28.7 Å². The van der Waals surface area contributed by atoms with E-state index in [0.717, 1.165) is 0 Å². The lowest BCUT2D eigenvalue weighted by atomic mass is 10.0. The molecule has 4 heteroatoms. The van der Waals surface area contributed by atoms with Gasteiger partial charge in [-0.05, 0) is 32.0 Å². The van der Waals surface area contributed by atoms with Crippen molar-refractivity contribution in [3.8, 4) is 0 Å². The fraction of sp³-hybridized carbons (Fsp3) is 0.154. The van der Waals surface area contributed by atoms with Crippen molar-refractivity contribution in [3.63, 3.8) is 0 Å². The molecule has 0 saturated carbocycles. The molecular formula is C13H12ClNO2. The maximum absolute atomic E-state index is 12.3. The third kappa shape index (κ3) is 2.06. The van der Waals surface area contributed by atoms with E-state index in [-0.39, 0.29) is 10.8 Å². The highest BCUT2D eigenvalue weighted by Gasteiger charge is 2.18. The maximum atomic E-state index is 12.3. The summed E-state index contributed by atoms with van der Waals surface area (Å²) in [7, 11) is 0. The van der Waals surface area contributed by atoms with Gasteiger partial charge in [-0.1, -0.05) is 17.7 Å². The lowest BCUT2D eigenvalue weighted by molar-refractivity contribution is 0.103. The minimum Gasteiger partial charge on any atom is -0.466 e. The van der Waals surface area contributed by atoms with Gasteiger partial charge in [-0.3, -0.25) is 4.79 Å². The number of ketones is 1. The first kappa shape index (κ1) is 11.7. The maximum Gasteiger partial charge on any atom is 0.198 e. The van der Waals surface area contributed by atoms with Gasteiger partial charge in [-0.25, -0.2) is 0 Å². The zero-order valence-corrected chi connectivity index (χ0v) is 10.3. The predicted octanol–water partition coefficient (Wildman–Crippen LogP) is 3.36. The van der Waals surface area contributed by atoms with E-state index in [1.165, 1.54) is 0 Å². The molecule has 0 atom stereocenters. The fourth-order valence-corrected chi connectivity index (χ4v) is 1.94. The fourth-order valence-electron chi connectivity index (χ4n) is 1.73. The number of hydrogen-bond acceptors (Lipinski definition) is 3. The third-order valence-electron chi connectivity index (χ3n) is 2.56. The van der Waals surface area contributed by atoms with Crippen molar-refractivity contribution in [1.82, 2.24) is 0 Å². The quantitative estimate of drug-likeness (QED) is 0.656. The minimum atomic E-state index is -0.170. The number of carbonyl (C=O) groups excluding carboxylic acids is 1. The van der Waals surface area contributed by atoms with Crippen molar-refractivity contribution >= 4 is 23.1 Å². The zero-order chi connectivity index (χ0) is 12.6. The monoisotopic (exact) mass is 249 g/mol. The van der Waals surface area contributed by atoms with Crippen LogP contribution in [-0.4, -0.2) is 5.78 Å². The molecule has 1 aromatic carbocycles. The molecule has 2 aromatic rings. The van der Waals surface area contributed by atoms with E-state index in [1.807, 2.05) is 0 Å².